The predicted octanol–water partition coefficient (Wildman–Crippen LogP) is 4.91. The minimum absolute atomic E-state index is 0.161. The predicted molar refractivity (Wildman–Crippen MR) is 98.5 cm³/mol. The molecule has 6 heteroatoms. The topological polar surface area (TPSA) is 42.4 Å². The lowest BCUT2D eigenvalue weighted by Gasteiger charge is -2.27. The van der Waals surface area contributed by atoms with Crippen molar-refractivity contribution in [1.82, 2.24) is 9.88 Å². The number of thiazole rings is 1. The molecule has 0 N–H and O–H groups in total. The molecule has 130 valence electrons. The quantitative estimate of drug-likeness (QED) is 0.666. The molecule has 0 aliphatic carbocycles. The highest BCUT2D eigenvalue weighted by molar-refractivity contribution is 7.09. The van der Waals surface area contributed by atoms with E-state index in [0.717, 1.165) is 22.9 Å². The average molecular weight is 367 g/mol. The Balaban J connectivity index is 1.97. The van der Waals surface area contributed by atoms with Gasteiger partial charge in [0.15, 0.2) is 0 Å². The van der Waals surface area contributed by atoms with Gasteiger partial charge in [0, 0.05) is 22.9 Å². The van der Waals surface area contributed by atoms with Crippen molar-refractivity contribution in [3.05, 3.63) is 45.4 Å². The van der Waals surface area contributed by atoms with Gasteiger partial charge in [-0.15, -0.1) is 11.3 Å². The first-order valence-corrected chi connectivity index (χ1v) is 9.40. The van der Waals surface area contributed by atoms with E-state index in [-0.39, 0.29) is 11.9 Å². The number of benzene rings is 1. The van der Waals surface area contributed by atoms with Gasteiger partial charge in [0.05, 0.1) is 12.2 Å². The summed E-state index contributed by atoms with van der Waals surface area (Å²) >= 11 is 7.49. The molecule has 0 spiro atoms. The molecule has 0 bridgehead atoms. The zero-order chi connectivity index (χ0) is 17.5. The maximum atomic E-state index is 12.1. The molecule has 0 radical (unpaired) electrons. The van der Waals surface area contributed by atoms with E-state index in [4.69, 9.17) is 16.3 Å². The summed E-state index contributed by atoms with van der Waals surface area (Å²) in [4.78, 5) is 18.6. The summed E-state index contributed by atoms with van der Waals surface area (Å²) in [5.41, 5.74) is 0.909. The number of rotatable bonds is 8. The van der Waals surface area contributed by atoms with Crippen molar-refractivity contribution >= 4 is 28.8 Å². The van der Waals surface area contributed by atoms with E-state index in [1.165, 1.54) is 0 Å². The molecule has 0 saturated heterocycles. The van der Waals surface area contributed by atoms with Crippen LogP contribution >= 0.6 is 22.9 Å². The van der Waals surface area contributed by atoms with Gasteiger partial charge in [-0.05, 0) is 31.5 Å². The smallest absolute Gasteiger partial charge is 0.222 e. The van der Waals surface area contributed by atoms with E-state index in [2.05, 4.69) is 18.8 Å². The molecule has 1 amide bonds. The molecule has 0 saturated carbocycles. The number of hydrogen-bond donors (Lipinski definition) is 0. The Morgan fingerprint density at radius 1 is 1.42 bits per heavy atom. The summed E-state index contributed by atoms with van der Waals surface area (Å²) in [5, 5.41) is 3.53. The van der Waals surface area contributed by atoms with Crippen molar-refractivity contribution in [2.75, 3.05) is 0 Å². The molecule has 24 heavy (non-hydrogen) atoms. The fraction of sp³-hybridized carbons (Fsp3) is 0.444. The third-order valence-corrected chi connectivity index (χ3v) is 4.94. The molecule has 2 rings (SSSR count). The number of nitrogens with zero attached hydrogens (tertiary/aromatic N) is 2. The first-order valence-electron chi connectivity index (χ1n) is 8.14. The Kier molecular flexibility index (Phi) is 7.06. The normalized spacial score (nSPS) is 12.0. The van der Waals surface area contributed by atoms with Gasteiger partial charge in [0.25, 0.3) is 0 Å². The average Bonchev–Trinajstić information content (AvgIpc) is 3.04. The Morgan fingerprint density at radius 3 is 2.88 bits per heavy atom. The van der Waals surface area contributed by atoms with Gasteiger partial charge in [-0.2, -0.15) is 0 Å². The molecule has 1 unspecified atom stereocenters. The van der Waals surface area contributed by atoms with Crippen LogP contribution in [0.5, 0.6) is 5.75 Å². The highest BCUT2D eigenvalue weighted by atomic mass is 35.5. The summed E-state index contributed by atoms with van der Waals surface area (Å²) < 4.78 is 5.71. The van der Waals surface area contributed by atoms with Gasteiger partial charge in [-0.25, -0.2) is 4.98 Å². The van der Waals surface area contributed by atoms with Gasteiger partial charge in [0.1, 0.15) is 17.4 Å². The SMILES string of the molecule is CCC(=O)N(Cc1csc(COc2cccc(Cl)c2)n1)C(C)CC. The molecule has 0 aliphatic heterocycles. The summed E-state index contributed by atoms with van der Waals surface area (Å²) in [6.45, 7) is 7.00. The molecule has 4 nitrogen and oxygen atoms in total. The maximum absolute atomic E-state index is 12.1. The summed E-state index contributed by atoms with van der Waals surface area (Å²) in [5.74, 6) is 0.885. The minimum atomic E-state index is 0.161. The van der Waals surface area contributed by atoms with Crippen LogP contribution in [0.15, 0.2) is 29.6 Å². The van der Waals surface area contributed by atoms with Crippen LogP contribution in [-0.4, -0.2) is 21.8 Å². The molecule has 1 aromatic carbocycles. The molecule has 2 aromatic rings. The molecule has 0 aliphatic rings. The summed E-state index contributed by atoms with van der Waals surface area (Å²) in [6, 6.07) is 7.52. The monoisotopic (exact) mass is 366 g/mol. The van der Waals surface area contributed by atoms with Crippen LogP contribution < -0.4 is 4.74 Å². The first-order chi connectivity index (χ1) is 11.5. The van der Waals surface area contributed by atoms with Crippen LogP contribution in [0.2, 0.25) is 5.02 Å². The van der Waals surface area contributed by atoms with Gasteiger partial charge in [-0.3, -0.25) is 4.79 Å². The minimum Gasteiger partial charge on any atom is -0.486 e. The number of amides is 1. The van der Waals surface area contributed by atoms with E-state index in [1.54, 1.807) is 17.4 Å². The molecule has 0 fully saturated rings. The van der Waals surface area contributed by atoms with E-state index in [0.29, 0.717) is 24.6 Å². The molecule has 1 aromatic heterocycles. The van der Waals surface area contributed by atoms with Crippen LogP contribution in [0, 0.1) is 0 Å². The zero-order valence-electron chi connectivity index (χ0n) is 14.3. The van der Waals surface area contributed by atoms with Gasteiger partial charge in [-0.1, -0.05) is 31.5 Å². The number of aromatic nitrogens is 1. The number of halogens is 1. The van der Waals surface area contributed by atoms with Gasteiger partial charge in [0.2, 0.25) is 5.91 Å². The van der Waals surface area contributed by atoms with Crippen molar-refractivity contribution in [1.29, 1.82) is 0 Å². The van der Waals surface area contributed by atoms with Crippen molar-refractivity contribution in [3.8, 4) is 5.75 Å². The number of ether oxygens (including phenoxy) is 1. The molecule has 1 heterocycles. The van der Waals surface area contributed by atoms with Crippen LogP contribution in [0.3, 0.4) is 0 Å². The van der Waals surface area contributed by atoms with E-state index < -0.39 is 0 Å². The summed E-state index contributed by atoms with van der Waals surface area (Å²) in [6.07, 6.45) is 1.44. The van der Waals surface area contributed by atoms with Crippen molar-refractivity contribution in [2.24, 2.45) is 0 Å². The van der Waals surface area contributed by atoms with Crippen LogP contribution in [0.4, 0.5) is 0 Å². The second kappa shape index (κ2) is 9.04. The van der Waals surface area contributed by atoms with Crippen LogP contribution in [-0.2, 0) is 17.9 Å². The lowest BCUT2D eigenvalue weighted by atomic mass is 10.2. The molecular weight excluding hydrogens is 344 g/mol. The first kappa shape index (κ1) is 18.7. The van der Waals surface area contributed by atoms with E-state index >= 15 is 0 Å². The van der Waals surface area contributed by atoms with Gasteiger partial charge >= 0.3 is 0 Å². The van der Waals surface area contributed by atoms with Crippen LogP contribution in [0.25, 0.3) is 0 Å². The van der Waals surface area contributed by atoms with Crippen LogP contribution in [0.1, 0.15) is 44.3 Å². The third-order valence-electron chi connectivity index (χ3n) is 3.84. The Morgan fingerprint density at radius 2 is 2.21 bits per heavy atom. The number of hydrogen-bond acceptors (Lipinski definition) is 4. The molecule has 1 atom stereocenters. The fourth-order valence-electron chi connectivity index (χ4n) is 2.28. The highest BCUT2D eigenvalue weighted by Gasteiger charge is 2.19. The summed E-state index contributed by atoms with van der Waals surface area (Å²) in [7, 11) is 0. The van der Waals surface area contributed by atoms with Crippen molar-refractivity contribution < 1.29 is 9.53 Å². The second-order valence-corrected chi connectivity index (χ2v) is 6.99. The third kappa shape index (κ3) is 5.21. The van der Waals surface area contributed by atoms with E-state index in [9.17, 15) is 4.79 Å². The van der Waals surface area contributed by atoms with E-state index in [1.807, 2.05) is 35.4 Å². The fourth-order valence-corrected chi connectivity index (χ4v) is 3.15. The highest BCUT2D eigenvalue weighted by Crippen LogP contribution is 2.20. The Hall–Kier alpha value is -1.59. The Labute approximate surface area is 152 Å². The lowest BCUT2D eigenvalue weighted by Crippen LogP contribution is -2.37. The number of carbonyl (C=O) groups is 1. The largest absolute Gasteiger partial charge is 0.486 e. The standard InChI is InChI=1S/C18H23ClN2O2S/c1-4-13(3)21(18(22)5-2)10-15-12-24-17(20-15)11-23-16-8-6-7-14(19)9-16/h6-9,12-13H,4-5,10-11H2,1-3H3. The second-order valence-electron chi connectivity index (χ2n) is 5.61. The van der Waals surface area contributed by atoms with Crippen molar-refractivity contribution in [2.45, 2.75) is 52.8 Å². The Bertz CT molecular complexity index is 675. The zero-order valence-corrected chi connectivity index (χ0v) is 15.9. The maximum Gasteiger partial charge on any atom is 0.222 e. The van der Waals surface area contributed by atoms with Crippen molar-refractivity contribution in [3.63, 3.8) is 0 Å². The van der Waals surface area contributed by atoms with Gasteiger partial charge < -0.3 is 9.64 Å². The molecular formula is C18H23ClN2O2S. The lowest BCUT2D eigenvalue weighted by molar-refractivity contribution is -0.133. The number of carbonyl (C=O) groups excluding carboxylic acids is 1.